The van der Waals surface area contributed by atoms with Crippen LogP contribution >= 0.6 is 0 Å². The number of piperidine rings is 1. The molecule has 51 heavy (non-hydrogen) atoms. The van der Waals surface area contributed by atoms with Crippen LogP contribution in [-0.2, 0) is 9.53 Å². The van der Waals surface area contributed by atoms with Crippen LogP contribution in [0.15, 0.2) is 83.7 Å². The summed E-state index contributed by atoms with van der Waals surface area (Å²) in [6.45, 7) is 4.14. The van der Waals surface area contributed by atoms with Gasteiger partial charge in [-0.15, -0.1) is 0 Å². The number of aliphatic hydroxyl groups excluding tert-OH is 1. The number of aromatic amines is 1. The minimum absolute atomic E-state index is 0.0211. The van der Waals surface area contributed by atoms with E-state index in [-0.39, 0.29) is 23.3 Å². The normalized spacial score (nSPS) is 19.0. The molecule has 2 aliphatic rings. The summed E-state index contributed by atoms with van der Waals surface area (Å²) in [6.07, 6.45) is 4.82. The highest BCUT2D eigenvalue weighted by atomic mass is 16.6. The van der Waals surface area contributed by atoms with Crippen molar-refractivity contribution in [3.8, 4) is 16.9 Å². The van der Waals surface area contributed by atoms with Gasteiger partial charge >= 0.3 is 6.09 Å². The van der Waals surface area contributed by atoms with E-state index in [1.54, 1.807) is 12.1 Å². The number of likely N-dealkylation sites (tertiary alicyclic amines) is 1. The quantitative estimate of drug-likeness (QED) is 0.106. The molecule has 1 saturated heterocycles. The van der Waals surface area contributed by atoms with E-state index >= 15 is 0 Å². The third kappa shape index (κ3) is 9.96. The molecule has 0 bridgehead atoms. The SMILES string of the molecule is O=C(CCN1CCC(OC(=O)Nc2ccccc2-c2ccccc2)CC1)NCC1CCC(CNCC(O)c2ccc(O)c3[nH]c(=O)ccc23)CC1. The van der Waals surface area contributed by atoms with Crippen molar-refractivity contribution in [3.05, 3.63) is 94.8 Å². The molecule has 3 aromatic carbocycles. The molecule has 1 aromatic heterocycles. The Kier molecular flexibility index (Phi) is 12.4. The van der Waals surface area contributed by atoms with Crippen LogP contribution in [0.25, 0.3) is 22.0 Å². The number of fused-ring (bicyclic) bond motifs is 1. The summed E-state index contributed by atoms with van der Waals surface area (Å²) < 4.78 is 5.76. The molecule has 1 aliphatic heterocycles. The van der Waals surface area contributed by atoms with Gasteiger partial charge < -0.3 is 35.5 Å². The number of para-hydroxylation sites is 1. The predicted molar refractivity (Wildman–Crippen MR) is 199 cm³/mol. The molecule has 1 atom stereocenters. The van der Waals surface area contributed by atoms with E-state index in [9.17, 15) is 24.6 Å². The molecule has 0 radical (unpaired) electrons. The van der Waals surface area contributed by atoms with Crippen molar-refractivity contribution in [1.82, 2.24) is 20.5 Å². The van der Waals surface area contributed by atoms with Crippen LogP contribution in [0.2, 0.25) is 0 Å². The number of rotatable bonds is 13. The Morgan fingerprint density at radius 3 is 2.33 bits per heavy atom. The number of ether oxygens (including phenoxy) is 1. The average molecular weight is 696 g/mol. The number of nitrogens with zero attached hydrogens (tertiary/aromatic N) is 1. The first-order valence-corrected chi connectivity index (χ1v) is 18.2. The van der Waals surface area contributed by atoms with Gasteiger partial charge in [-0.1, -0.05) is 54.6 Å². The van der Waals surface area contributed by atoms with Crippen LogP contribution in [-0.4, -0.2) is 77.5 Å². The summed E-state index contributed by atoms with van der Waals surface area (Å²) in [5.41, 5.74) is 3.38. The molecule has 2 heterocycles. The van der Waals surface area contributed by atoms with Crippen LogP contribution < -0.4 is 21.5 Å². The van der Waals surface area contributed by atoms with E-state index < -0.39 is 12.2 Å². The van der Waals surface area contributed by atoms with E-state index in [0.717, 1.165) is 75.0 Å². The Bertz CT molecular complexity index is 1820. The second-order valence-electron chi connectivity index (χ2n) is 13.9. The molecule has 4 aromatic rings. The number of nitrogens with one attached hydrogen (secondary N) is 4. The number of hydrogen-bond donors (Lipinski definition) is 6. The molecular formula is C40H49N5O6. The van der Waals surface area contributed by atoms with E-state index in [1.165, 1.54) is 12.1 Å². The van der Waals surface area contributed by atoms with Gasteiger partial charge in [-0.3, -0.25) is 14.9 Å². The number of phenols is 1. The average Bonchev–Trinajstić information content (AvgIpc) is 3.15. The second-order valence-corrected chi connectivity index (χ2v) is 13.9. The first-order valence-electron chi connectivity index (χ1n) is 18.2. The number of aromatic hydroxyl groups is 1. The van der Waals surface area contributed by atoms with E-state index in [1.807, 2.05) is 54.6 Å². The maximum absolute atomic E-state index is 12.7. The van der Waals surface area contributed by atoms with Crippen molar-refractivity contribution in [2.45, 2.75) is 57.2 Å². The number of aliphatic hydroxyl groups is 1. The topological polar surface area (TPSA) is 156 Å². The summed E-state index contributed by atoms with van der Waals surface area (Å²) in [4.78, 5) is 42.0. The highest BCUT2D eigenvalue weighted by molar-refractivity contribution is 5.91. The van der Waals surface area contributed by atoms with E-state index in [0.29, 0.717) is 54.4 Å². The lowest BCUT2D eigenvalue weighted by atomic mass is 9.82. The van der Waals surface area contributed by atoms with Crippen molar-refractivity contribution < 1.29 is 24.5 Å². The first-order chi connectivity index (χ1) is 24.8. The summed E-state index contributed by atoms with van der Waals surface area (Å²) in [7, 11) is 0. The monoisotopic (exact) mass is 695 g/mol. The van der Waals surface area contributed by atoms with Gasteiger partial charge in [-0.25, -0.2) is 4.79 Å². The van der Waals surface area contributed by atoms with Crippen LogP contribution in [0.1, 0.15) is 56.6 Å². The third-order valence-electron chi connectivity index (χ3n) is 10.3. The van der Waals surface area contributed by atoms with Gasteiger partial charge in [0.15, 0.2) is 0 Å². The highest BCUT2D eigenvalue weighted by Gasteiger charge is 2.25. The fourth-order valence-electron chi connectivity index (χ4n) is 7.33. The number of hydrogen-bond acceptors (Lipinski definition) is 8. The Morgan fingerprint density at radius 1 is 0.863 bits per heavy atom. The number of aromatic nitrogens is 1. The number of benzene rings is 3. The van der Waals surface area contributed by atoms with Crippen LogP contribution in [0.5, 0.6) is 5.75 Å². The van der Waals surface area contributed by atoms with E-state index in [4.69, 9.17) is 4.74 Å². The van der Waals surface area contributed by atoms with Gasteiger partial charge in [0.2, 0.25) is 11.5 Å². The molecule has 1 unspecified atom stereocenters. The van der Waals surface area contributed by atoms with Gasteiger partial charge in [0.05, 0.1) is 17.3 Å². The third-order valence-corrected chi connectivity index (χ3v) is 10.3. The van der Waals surface area contributed by atoms with E-state index in [2.05, 4.69) is 25.8 Å². The fourth-order valence-corrected chi connectivity index (χ4v) is 7.33. The van der Waals surface area contributed by atoms with Crippen molar-refractivity contribution in [1.29, 1.82) is 0 Å². The molecule has 11 nitrogen and oxygen atoms in total. The fraction of sp³-hybridized carbons (Fsp3) is 0.425. The molecule has 11 heteroatoms. The van der Waals surface area contributed by atoms with Gasteiger partial charge in [0, 0.05) is 56.2 Å². The summed E-state index contributed by atoms with van der Waals surface area (Å²) in [5, 5.41) is 31.0. The van der Waals surface area contributed by atoms with Crippen molar-refractivity contribution in [3.63, 3.8) is 0 Å². The number of carbonyl (C=O) groups excluding carboxylic acids is 2. The standard InChI is InChI=1S/C40H49N5O6/c46-35-16-14-32(33-15-17-38(49)44-39(33)35)36(47)26-41-24-27-10-12-28(13-11-27)25-42-37(48)20-23-45-21-18-30(19-22-45)51-40(50)43-34-9-5-4-8-31(34)29-6-2-1-3-7-29/h1-9,14-17,27-28,30,36,41,46-47H,10-13,18-26H2,(H,42,48)(H,43,50)(H,44,49). The Hall–Kier alpha value is -4.71. The molecule has 6 rings (SSSR count). The Balaban J connectivity index is 0.825. The van der Waals surface area contributed by atoms with Crippen LogP contribution in [0, 0.1) is 11.8 Å². The van der Waals surface area contributed by atoms with Crippen molar-refractivity contribution in [2.75, 3.05) is 44.6 Å². The Labute approximate surface area is 298 Å². The molecule has 0 spiro atoms. The molecule has 2 amide bonds. The molecule has 1 aliphatic carbocycles. The lowest BCUT2D eigenvalue weighted by Crippen LogP contribution is -2.40. The lowest BCUT2D eigenvalue weighted by Gasteiger charge is -2.31. The molecular weight excluding hydrogens is 646 g/mol. The van der Waals surface area contributed by atoms with Crippen molar-refractivity contribution >= 4 is 28.6 Å². The second kappa shape index (κ2) is 17.5. The zero-order chi connectivity index (χ0) is 35.6. The number of amides is 2. The molecule has 2 fully saturated rings. The van der Waals surface area contributed by atoms with Crippen LogP contribution in [0.3, 0.4) is 0 Å². The number of pyridine rings is 1. The Morgan fingerprint density at radius 2 is 1.57 bits per heavy atom. The van der Waals surface area contributed by atoms with Gasteiger partial charge in [-0.2, -0.15) is 0 Å². The maximum Gasteiger partial charge on any atom is 0.411 e. The predicted octanol–water partition coefficient (Wildman–Crippen LogP) is 5.55. The van der Waals surface area contributed by atoms with Crippen LogP contribution in [0.4, 0.5) is 10.5 Å². The lowest BCUT2D eigenvalue weighted by molar-refractivity contribution is -0.121. The molecule has 270 valence electrons. The van der Waals surface area contributed by atoms with Gasteiger partial charge in [0.25, 0.3) is 0 Å². The van der Waals surface area contributed by atoms with Gasteiger partial charge in [-0.05, 0) is 86.2 Å². The summed E-state index contributed by atoms with van der Waals surface area (Å²) in [5.74, 6) is 1.04. The minimum atomic E-state index is -0.772. The number of H-pyrrole nitrogens is 1. The number of anilines is 1. The molecule has 1 saturated carbocycles. The molecule has 6 N–H and O–H groups in total. The number of carbonyl (C=O) groups is 2. The summed E-state index contributed by atoms with van der Waals surface area (Å²) in [6, 6.07) is 23.9. The first kappa shape index (κ1) is 36.1. The zero-order valence-electron chi connectivity index (χ0n) is 29.0. The maximum atomic E-state index is 12.7. The largest absolute Gasteiger partial charge is 0.506 e. The number of phenolic OH excluding ortho intramolecular Hbond substituents is 1. The highest BCUT2D eigenvalue weighted by Crippen LogP contribution is 2.31. The minimum Gasteiger partial charge on any atom is -0.506 e. The van der Waals surface area contributed by atoms with Crippen molar-refractivity contribution in [2.24, 2.45) is 11.8 Å². The summed E-state index contributed by atoms with van der Waals surface area (Å²) >= 11 is 0. The zero-order valence-corrected chi connectivity index (χ0v) is 29.0. The van der Waals surface area contributed by atoms with Gasteiger partial charge in [0.1, 0.15) is 11.9 Å². The smallest absolute Gasteiger partial charge is 0.411 e.